The number of rotatable bonds is 4. The molecule has 0 aliphatic carbocycles. The molecule has 0 bridgehead atoms. The van der Waals surface area contributed by atoms with E-state index < -0.39 is 0 Å². The van der Waals surface area contributed by atoms with Crippen LogP contribution in [-0.4, -0.2) is 37.1 Å². The van der Waals surface area contributed by atoms with Gasteiger partial charge in [-0.3, -0.25) is 4.98 Å². The molecule has 22 heavy (non-hydrogen) atoms. The van der Waals surface area contributed by atoms with Crippen molar-refractivity contribution in [3.05, 3.63) is 48.2 Å². The first-order valence-electron chi connectivity index (χ1n) is 7.30. The van der Waals surface area contributed by atoms with Gasteiger partial charge in [-0.15, -0.1) is 0 Å². The maximum Gasteiger partial charge on any atom is 0.103 e. The first-order valence-corrected chi connectivity index (χ1v) is 7.30. The van der Waals surface area contributed by atoms with Crippen LogP contribution < -0.4 is 5.32 Å². The summed E-state index contributed by atoms with van der Waals surface area (Å²) in [6.45, 7) is 1.69. The topological polar surface area (TPSA) is 52.0 Å². The first kappa shape index (κ1) is 14.3. The van der Waals surface area contributed by atoms with Gasteiger partial charge in [-0.1, -0.05) is 36.4 Å². The van der Waals surface area contributed by atoms with Gasteiger partial charge < -0.3 is 10.2 Å². The smallest absolute Gasteiger partial charge is 0.103 e. The number of fused-ring (bicyclic) bond motifs is 3. The zero-order valence-corrected chi connectivity index (χ0v) is 12.8. The van der Waals surface area contributed by atoms with Crippen molar-refractivity contribution in [1.29, 1.82) is 5.26 Å². The Morgan fingerprint density at radius 2 is 1.95 bits per heavy atom. The van der Waals surface area contributed by atoms with Crippen LogP contribution in [0.1, 0.15) is 5.56 Å². The van der Waals surface area contributed by atoms with E-state index >= 15 is 0 Å². The molecule has 0 fully saturated rings. The highest BCUT2D eigenvalue weighted by molar-refractivity contribution is 6.09. The van der Waals surface area contributed by atoms with Crippen LogP contribution >= 0.6 is 0 Å². The fraction of sp³-hybridized carbons (Fsp3) is 0.222. The largest absolute Gasteiger partial charge is 0.382 e. The van der Waals surface area contributed by atoms with Crippen LogP contribution in [0.3, 0.4) is 0 Å². The maximum absolute atomic E-state index is 9.36. The molecule has 0 atom stereocenters. The lowest BCUT2D eigenvalue weighted by atomic mass is 10.0. The number of aromatic nitrogens is 1. The van der Waals surface area contributed by atoms with Gasteiger partial charge in [-0.25, -0.2) is 0 Å². The van der Waals surface area contributed by atoms with E-state index in [1.54, 1.807) is 6.20 Å². The highest BCUT2D eigenvalue weighted by Gasteiger charge is 2.10. The van der Waals surface area contributed by atoms with E-state index in [0.29, 0.717) is 5.56 Å². The summed E-state index contributed by atoms with van der Waals surface area (Å²) in [6.07, 6.45) is 1.66. The average Bonchev–Trinajstić information content (AvgIpc) is 2.54. The van der Waals surface area contributed by atoms with E-state index in [4.69, 9.17) is 0 Å². The Morgan fingerprint density at radius 1 is 1.14 bits per heavy atom. The van der Waals surface area contributed by atoms with Crippen LogP contribution in [0.4, 0.5) is 5.69 Å². The second-order valence-electron chi connectivity index (χ2n) is 5.57. The van der Waals surface area contributed by atoms with Crippen molar-refractivity contribution < 1.29 is 0 Å². The van der Waals surface area contributed by atoms with Crippen molar-refractivity contribution in [3.63, 3.8) is 0 Å². The number of nitrogens with zero attached hydrogens (tertiary/aromatic N) is 3. The Morgan fingerprint density at radius 3 is 2.73 bits per heavy atom. The van der Waals surface area contributed by atoms with Gasteiger partial charge in [0.1, 0.15) is 6.07 Å². The molecule has 1 N–H and O–H groups in total. The number of likely N-dealkylation sites (N-methyl/N-ethyl adjacent to an activating group) is 1. The number of anilines is 1. The summed E-state index contributed by atoms with van der Waals surface area (Å²) in [6, 6.07) is 14.5. The molecule has 4 heteroatoms. The third-order valence-electron chi connectivity index (χ3n) is 3.74. The quantitative estimate of drug-likeness (QED) is 0.750. The molecule has 0 amide bonds. The molecule has 4 nitrogen and oxygen atoms in total. The SMILES string of the molecule is CN(C)CCNc1c(C#N)cnc2c1ccc1ccccc12. The molecule has 0 saturated carbocycles. The summed E-state index contributed by atoms with van der Waals surface area (Å²) < 4.78 is 0. The standard InChI is InChI=1S/C18H18N4/c1-22(2)10-9-20-17-14(11-19)12-21-18-15-6-4-3-5-13(15)7-8-16(17)18/h3-8,12H,9-10H2,1-2H3,(H,20,21). The molecular formula is C18H18N4. The molecule has 3 rings (SSSR count). The zero-order valence-electron chi connectivity index (χ0n) is 12.8. The van der Waals surface area contributed by atoms with Crippen molar-refractivity contribution in [2.45, 2.75) is 0 Å². The van der Waals surface area contributed by atoms with E-state index in [0.717, 1.165) is 40.5 Å². The molecule has 3 aromatic rings. The molecular weight excluding hydrogens is 272 g/mol. The van der Waals surface area contributed by atoms with E-state index in [9.17, 15) is 5.26 Å². The summed E-state index contributed by atoms with van der Waals surface area (Å²) in [5.74, 6) is 0. The van der Waals surface area contributed by atoms with Crippen LogP contribution in [-0.2, 0) is 0 Å². The van der Waals surface area contributed by atoms with Crippen molar-refractivity contribution in [2.75, 3.05) is 32.5 Å². The Balaban J connectivity index is 2.15. The van der Waals surface area contributed by atoms with E-state index in [-0.39, 0.29) is 0 Å². The minimum absolute atomic E-state index is 0.585. The normalized spacial score (nSPS) is 11.0. The lowest BCUT2D eigenvalue weighted by Gasteiger charge is -2.15. The molecule has 0 radical (unpaired) electrons. The van der Waals surface area contributed by atoms with Crippen molar-refractivity contribution >= 4 is 27.4 Å². The Hall–Kier alpha value is -2.64. The highest BCUT2D eigenvalue weighted by atomic mass is 15.1. The molecule has 1 aromatic heterocycles. The lowest BCUT2D eigenvalue weighted by molar-refractivity contribution is 0.425. The van der Waals surface area contributed by atoms with Crippen LogP contribution in [0.5, 0.6) is 0 Å². The number of hydrogen-bond acceptors (Lipinski definition) is 4. The second-order valence-corrected chi connectivity index (χ2v) is 5.57. The number of nitrogens with one attached hydrogen (secondary N) is 1. The van der Waals surface area contributed by atoms with Crippen molar-refractivity contribution in [1.82, 2.24) is 9.88 Å². The van der Waals surface area contributed by atoms with Gasteiger partial charge in [0.15, 0.2) is 0 Å². The summed E-state index contributed by atoms with van der Waals surface area (Å²) in [5.41, 5.74) is 2.39. The van der Waals surface area contributed by atoms with Gasteiger partial charge >= 0.3 is 0 Å². The van der Waals surface area contributed by atoms with Gasteiger partial charge in [-0.2, -0.15) is 5.26 Å². The molecule has 2 aromatic carbocycles. The summed E-state index contributed by atoms with van der Waals surface area (Å²) in [4.78, 5) is 6.62. The fourth-order valence-electron chi connectivity index (χ4n) is 2.61. The number of nitriles is 1. The predicted octanol–water partition coefficient (Wildman–Crippen LogP) is 3.23. The average molecular weight is 290 g/mol. The van der Waals surface area contributed by atoms with Gasteiger partial charge in [0, 0.05) is 30.1 Å². The van der Waals surface area contributed by atoms with Crippen molar-refractivity contribution in [2.24, 2.45) is 0 Å². The van der Waals surface area contributed by atoms with Crippen LogP contribution in [0, 0.1) is 11.3 Å². The van der Waals surface area contributed by atoms with Gasteiger partial charge in [0.05, 0.1) is 16.8 Å². The summed E-state index contributed by atoms with van der Waals surface area (Å²) in [7, 11) is 4.07. The number of pyridine rings is 1. The van der Waals surface area contributed by atoms with Crippen LogP contribution in [0.15, 0.2) is 42.6 Å². The van der Waals surface area contributed by atoms with Crippen molar-refractivity contribution in [3.8, 4) is 6.07 Å². The van der Waals surface area contributed by atoms with Crippen LogP contribution in [0.2, 0.25) is 0 Å². The van der Waals surface area contributed by atoms with Crippen LogP contribution in [0.25, 0.3) is 21.7 Å². The first-order chi connectivity index (χ1) is 10.7. The zero-order chi connectivity index (χ0) is 15.5. The Kier molecular flexibility index (Phi) is 3.90. The maximum atomic E-state index is 9.36. The molecule has 0 unspecified atom stereocenters. The third kappa shape index (κ3) is 2.59. The molecule has 110 valence electrons. The number of hydrogen-bond donors (Lipinski definition) is 1. The number of benzene rings is 2. The monoisotopic (exact) mass is 290 g/mol. The molecule has 0 aliphatic rings. The molecule has 0 saturated heterocycles. The molecule has 0 aliphatic heterocycles. The van der Waals surface area contributed by atoms with E-state index in [1.807, 2.05) is 32.3 Å². The molecule has 1 heterocycles. The highest BCUT2D eigenvalue weighted by Crippen LogP contribution is 2.30. The summed E-state index contributed by atoms with van der Waals surface area (Å²) >= 11 is 0. The molecule has 0 spiro atoms. The predicted molar refractivity (Wildman–Crippen MR) is 91.0 cm³/mol. The van der Waals surface area contributed by atoms with E-state index in [2.05, 4.69) is 39.5 Å². The second kappa shape index (κ2) is 6.00. The van der Waals surface area contributed by atoms with Gasteiger partial charge in [0.25, 0.3) is 0 Å². The summed E-state index contributed by atoms with van der Waals surface area (Å²) in [5, 5.41) is 16.0. The lowest BCUT2D eigenvalue weighted by Crippen LogP contribution is -2.21. The van der Waals surface area contributed by atoms with Gasteiger partial charge in [0.2, 0.25) is 0 Å². The third-order valence-corrected chi connectivity index (χ3v) is 3.74. The fourth-order valence-corrected chi connectivity index (χ4v) is 2.61. The van der Waals surface area contributed by atoms with E-state index in [1.165, 1.54) is 0 Å². The Bertz CT molecular complexity index is 862. The van der Waals surface area contributed by atoms with Gasteiger partial charge in [-0.05, 0) is 19.5 Å². The Labute approximate surface area is 130 Å². The minimum atomic E-state index is 0.585. The minimum Gasteiger partial charge on any atom is -0.382 e.